The van der Waals surface area contributed by atoms with Crippen molar-refractivity contribution in [1.29, 1.82) is 0 Å². The first-order valence-corrected chi connectivity index (χ1v) is 6.65. The molecule has 3 N–H and O–H groups in total. The van der Waals surface area contributed by atoms with Crippen LogP contribution in [0.1, 0.15) is 11.4 Å². The van der Waals surface area contributed by atoms with E-state index in [0.717, 1.165) is 6.07 Å². The molecule has 120 valence electrons. The molecule has 7 nitrogen and oxygen atoms in total. The van der Waals surface area contributed by atoms with Gasteiger partial charge in [-0.3, -0.25) is 14.5 Å². The van der Waals surface area contributed by atoms with Gasteiger partial charge in [0.2, 0.25) is 5.43 Å². The van der Waals surface area contributed by atoms with Crippen LogP contribution in [0.15, 0.2) is 36.2 Å². The normalized spacial score (nSPS) is 10.6. The molecule has 0 amide bonds. The van der Waals surface area contributed by atoms with E-state index in [2.05, 4.69) is 13.2 Å². The maximum absolute atomic E-state index is 11.8. The number of aromatic hydroxyl groups is 1. The number of carbonyl (C=O) groups is 1. The van der Waals surface area contributed by atoms with Crippen LogP contribution in [0.25, 0.3) is 0 Å². The molecule has 0 saturated carbocycles. The number of carboxylic acid groups (broad SMARTS) is 1. The molecule has 0 unspecified atom stereocenters. The molecule has 22 heavy (non-hydrogen) atoms. The zero-order valence-corrected chi connectivity index (χ0v) is 12.2. The first kappa shape index (κ1) is 17.7. The summed E-state index contributed by atoms with van der Waals surface area (Å²) in [5, 5.41) is 28.3. The average molecular weight is 308 g/mol. The first-order chi connectivity index (χ1) is 10.4. The van der Waals surface area contributed by atoms with E-state index in [0.29, 0.717) is 13.1 Å². The molecule has 0 aliphatic heterocycles. The number of rotatable bonds is 9. The highest BCUT2D eigenvalue weighted by atomic mass is 16.4. The molecule has 0 spiro atoms. The second kappa shape index (κ2) is 8.16. The summed E-state index contributed by atoms with van der Waals surface area (Å²) in [6.07, 6.45) is 3.30. The van der Waals surface area contributed by atoms with Crippen molar-refractivity contribution in [2.45, 2.75) is 19.7 Å². The Kier molecular flexibility index (Phi) is 6.55. The first-order valence-electron chi connectivity index (χ1n) is 6.65. The molecule has 1 aromatic heterocycles. The van der Waals surface area contributed by atoms with Gasteiger partial charge in [-0.05, 0) is 0 Å². The van der Waals surface area contributed by atoms with Crippen LogP contribution >= 0.6 is 0 Å². The van der Waals surface area contributed by atoms with Crippen LogP contribution in [0.5, 0.6) is 5.75 Å². The maximum Gasteiger partial charge on any atom is 0.323 e. The van der Waals surface area contributed by atoms with Crippen molar-refractivity contribution in [3.05, 3.63) is 53.0 Å². The number of aliphatic carboxylic acids is 1. The summed E-state index contributed by atoms with van der Waals surface area (Å²) in [6.45, 7) is 7.35. The van der Waals surface area contributed by atoms with Crippen LogP contribution in [0.3, 0.4) is 0 Å². The monoisotopic (exact) mass is 308 g/mol. The van der Waals surface area contributed by atoms with Crippen LogP contribution in [0.4, 0.5) is 0 Å². The van der Waals surface area contributed by atoms with Gasteiger partial charge in [0.25, 0.3) is 0 Å². The van der Waals surface area contributed by atoms with Gasteiger partial charge in [0.1, 0.15) is 6.54 Å². The third-order valence-electron chi connectivity index (χ3n) is 3.08. The van der Waals surface area contributed by atoms with E-state index in [-0.39, 0.29) is 17.9 Å². The minimum absolute atomic E-state index is 0.125. The Hall–Kier alpha value is -2.38. The Morgan fingerprint density at radius 1 is 1.32 bits per heavy atom. The summed E-state index contributed by atoms with van der Waals surface area (Å²) >= 11 is 0. The van der Waals surface area contributed by atoms with Gasteiger partial charge in [-0.15, -0.1) is 13.2 Å². The van der Waals surface area contributed by atoms with E-state index in [1.54, 1.807) is 12.2 Å². The number of aliphatic hydroxyl groups excluding tert-OH is 1. The lowest BCUT2D eigenvalue weighted by Gasteiger charge is -2.23. The standard InChI is InChI=1S/C15H20N2O5/c1-3-5-16(6-4-2)8-12-15(22)13(19)7-11(10-18)17(12)9-14(20)21/h3-4,7,18,22H,1-2,5-6,8-10H2,(H,20,21). The van der Waals surface area contributed by atoms with Crippen molar-refractivity contribution < 1.29 is 20.1 Å². The molecule has 1 heterocycles. The summed E-state index contributed by atoms with van der Waals surface area (Å²) in [5.41, 5.74) is -0.377. The molecular weight excluding hydrogens is 288 g/mol. The Balaban J connectivity index is 3.37. The Morgan fingerprint density at radius 2 is 1.91 bits per heavy atom. The average Bonchev–Trinajstić information content (AvgIpc) is 2.46. The van der Waals surface area contributed by atoms with Crippen LogP contribution < -0.4 is 5.43 Å². The lowest BCUT2D eigenvalue weighted by atomic mass is 10.2. The highest BCUT2D eigenvalue weighted by Crippen LogP contribution is 2.17. The van der Waals surface area contributed by atoms with Gasteiger partial charge in [0, 0.05) is 31.4 Å². The molecule has 0 aromatic carbocycles. The fourth-order valence-corrected chi connectivity index (χ4v) is 2.15. The summed E-state index contributed by atoms with van der Waals surface area (Å²) in [5.74, 6) is -1.66. The molecule has 0 fully saturated rings. The Bertz CT molecular complexity index is 611. The molecule has 1 aromatic rings. The summed E-state index contributed by atoms with van der Waals surface area (Å²) in [6, 6.07) is 1.03. The third kappa shape index (κ3) is 4.31. The van der Waals surface area contributed by atoms with Crippen molar-refractivity contribution in [3.8, 4) is 5.75 Å². The minimum atomic E-state index is -1.14. The van der Waals surface area contributed by atoms with Gasteiger partial charge >= 0.3 is 5.97 Å². The van der Waals surface area contributed by atoms with Crippen LogP contribution in [-0.4, -0.2) is 43.8 Å². The molecule has 0 aliphatic rings. The predicted octanol–water partition coefficient (Wildman–Crippen LogP) is 0.305. The smallest absolute Gasteiger partial charge is 0.323 e. The van der Waals surface area contributed by atoms with Crippen molar-refractivity contribution >= 4 is 5.97 Å². The van der Waals surface area contributed by atoms with E-state index in [1.165, 1.54) is 4.57 Å². The molecule has 1 rings (SSSR count). The SMILES string of the molecule is C=CCN(CC=C)Cc1c(O)c(=O)cc(CO)n1CC(=O)O. The number of carboxylic acids is 1. The van der Waals surface area contributed by atoms with Gasteiger partial charge < -0.3 is 19.9 Å². The van der Waals surface area contributed by atoms with Crippen LogP contribution in [-0.2, 0) is 24.5 Å². The fraction of sp³-hybridized carbons (Fsp3) is 0.333. The van der Waals surface area contributed by atoms with Gasteiger partial charge in [0.15, 0.2) is 5.75 Å². The second-order valence-electron chi connectivity index (χ2n) is 4.70. The van der Waals surface area contributed by atoms with Gasteiger partial charge in [-0.2, -0.15) is 0 Å². The summed E-state index contributed by atoms with van der Waals surface area (Å²) in [4.78, 5) is 24.6. The van der Waals surface area contributed by atoms with Crippen molar-refractivity contribution in [3.63, 3.8) is 0 Å². The van der Waals surface area contributed by atoms with E-state index in [1.807, 2.05) is 4.90 Å². The molecule has 7 heteroatoms. The molecule has 0 radical (unpaired) electrons. The number of aromatic nitrogens is 1. The fourth-order valence-electron chi connectivity index (χ4n) is 2.15. The zero-order valence-electron chi connectivity index (χ0n) is 12.2. The van der Waals surface area contributed by atoms with E-state index in [9.17, 15) is 19.8 Å². The Labute approximate surface area is 128 Å². The summed E-state index contributed by atoms with van der Waals surface area (Å²) < 4.78 is 1.23. The maximum atomic E-state index is 11.8. The topological polar surface area (TPSA) is 103 Å². The quantitative estimate of drug-likeness (QED) is 0.567. The largest absolute Gasteiger partial charge is 0.503 e. The predicted molar refractivity (Wildman–Crippen MR) is 81.6 cm³/mol. The lowest BCUT2D eigenvalue weighted by molar-refractivity contribution is -0.137. The van der Waals surface area contributed by atoms with E-state index >= 15 is 0 Å². The van der Waals surface area contributed by atoms with E-state index < -0.39 is 30.3 Å². The van der Waals surface area contributed by atoms with E-state index in [4.69, 9.17) is 5.11 Å². The number of aliphatic hydroxyl groups is 1. The lowest BCUT2D eigenvalue weighted by Crippen LogP contribution is -2.29. The van der Waals surface area contributed by atoms with Crippen molar-refractivity contribution in [2.75, 3.05) is 13.1 Å². The molecular formula is C15H20N2O5. The van der Waals surface area contributed by atoms with Crippen molar-refractivity contribution in [2.24, 2.45) is 0 Å². The molecule has 0 bridgehead atoms. The molecule has 0 saturated heterocycles. The van der Waals surface area contributed by atoms with Crippen LogP contribution in [0.2, 0.25) is 0 Å². The minimum Gasteiger partial charge on any atom is -0.503 e. The zero-order chi connectivity index (χ0) is 16.7. The van der Waals surface area contributed by atoms with Gasteiger partial charge in [-0.1, -0.05) is 12.2 Å². The number of pyridine rings is 1. The van der Waals surface area contributed by atoms with Gasteiger partial charge in [0.05, 0.1) is 12.3 Å². The number of nitrogens with zero attached hydrogens (tertiary/aromatic N) is 2. The second-order valence-corrected chi connectivity index (χ2v) is 4.70. The van der Waals surface area contributed by atoms with Gasteiger partial charge in [-0.25, -0.2) is 0 Å². The van der Waals surface area contributed by atoms with Crippen molar-refractivity contribution in [1.82, 2.24) is 9.47 Å². The molecule has 0 atom stereocenters. The molecule has 0 aliphatic carbocycles. The number of hydrogen-bond donors (Lipinski definition) is 3. The third-order valence-corrected chi connectivity index (χ3v) is 3.08. The highest BCUT2D eigenvalue weighted by Gasteiger charge is 2.18. The number of hydrogen-bond acceptors (Lipinski definition) is 5. The highest BCUT2D eigenvalue weighted by molar-refractivity contribution is 5.67. The van der Waals surface area contributed by atoms with Crippen LogP contribution in [0, 0.1) is 0 Å². The summed E-state index contributed by atoms with van der Waals surface area (Å²) in [7, 11) is 0. The Morgan fingerprint density at radius 3 is 2.36 bits per heavy atom.